The van der Waals surface area contributed by atoms with Crippen molar-refractivity contribution in [2.45, 2.75) is 19.8 Å². The zero-order valence-electron chi connectivity index (χ0n) is 13.4. The molecule has 0 aliphatic carbocycles. The number of rotatable bonds is 3. The van der Waals surface area contributed by atoms with Gasteiger partial charge in [0, 0.05) is 18.8 Å². The van der Waals surface area contributed by atoms with E-state index in [1.54, 1.807) is 31.2 Å². The number of hydrogen-bond acceptors (Lipinski definition) is 5. The van der Waals surface area contributed by atoms with Gasteiger partial charge in [0.1, 0.15) is 0 Å². The van der Waals surface area contributed by atoms with Crippen molar-refractivity contribution in [3.63, 3.8) is 0 Å². The van der Waals surface area contributed by atoms with Crippen molar-refractivity contribution in [1.82, 2.24) is 4.90 Å². The lowest BCUT2D eigenvalue weighted by atomic mass is 9.97. The van der Waals surface area contributed by atoms with Crippen LogP contribution in [0.4, 0.5) is 5.69 Å². The molecule has 1 saturated heterocycles. The van der Waals surface area contributed by atoms with Gasteiger partial charge >= 0.3 is 17.8 Å². The lowest BCUT2D eigenvalue weighted by molar-refractivity contribution is -0.152. The Kier molecular flexibility index (Phi) is 5.90. The molecule has 1 fully saturated rings. The molecule has 0 unspecified atom stereocenters. The summed E-state index contributed by atoms with van der Waals surface area (Å²) in [5, 5.41) is 11.2. The summed E-state index contributed by atoms with van der Waals surface area (Å²) in [5.74, 6) is -1.81. The molecular formula is C17H19N3O4. The largest absolute Gasteiger partial charge is 0.466 e. The number of nitrogens with one attached hydrogen (secondary N) is 1. The highest BCUT2D eigenvalue weighted by Crippen LogP contribution is 2.19. The summed E-state index contributed by atoms with van der Waals surface area (Å²) in [4.78, 5) is 37.3. The molecular weight excluding hydrogens is 310 g/mol. The van der Waals surface area contributed by atoms with Gasteiger partial charge in [-0.3, -0.25) is 14.4 Å². The van der Waals surface area contributed by atoms with E-state index in [0.29, 0.717) is 43.8 Å². The van der Waals surface area contributed by atoms with Crippen molar-refractivity contribution in [1.29, 1.82) is 5.26 Å². The number of nitriles is 1. The maximum atomic E-state index is 12.2. The normalized spacial score (nSPS) is 14.6. The van der Waals surface area contributed by atoms with E-state index in [2.05, 4.69) is 5.32 Å². The van der Waals surface area contributed by atoms with Crippen LogP contribution in [-0.4, -0.2) is 42.4 Å². The van der Waals surface area contributed by atoms with Gasteiger partial charge in [-0.15, -0.1) is 0 Å². The number of carbonyl (C=O) groups excluding carboxylic acids is 3. The number of amides is 2. The van der Waals surface area contributed by atoms with E-state index in [9.17, 15) is 14.4 Å². The number of piperidine rings is 1. The van der Waals surface area contributed by atoms with Gasteiger partial charge in [-0.1, -0.05) is 0 Å². The summed E-state index contributed by atoms with van der Waals surface area (Å²) in [6.45, 7) is 2.79. The number of hydrogen-bond donors (Lipinski definition) is 1. The molecule has 2 rings (SSSR count). The minimum atomic E-state index is -0.728. The van der Waals surface area contributed by atoms with E-state index in [1.807, 2.05) is 6.07 Å². The quantitative estimate of drug-likeness (QED) is 0.665. The number of carbonyl (C=O) groups is 3. The van der Waals surface area contributed by atoms with Crippen LogP contribution in [0.2, 0.25) is 0 Å². The molecule has 0 atom stereocenters. The zero-order chi connectivity index (χ0) is 17.5. The van der Waals surface area contributed by atoms with E-state index in [-0.39, 0.29) is 11.9 Å². The van der Waals surface area contributed by atoms with E-state index in [0.717, 1.165) is 0 Å². The fraction of sp³-hybridized carbons (Fsp3) is 0.412. The van der Waals surface area contributed by atoms with Gasteiger partial charge in [0.05, 0.1) is 24.2 Å². The number of benzene rings is 1. The second-order valence-electron chi connectivity index (χ2n) is 5.46. The lowest BCUT2D eigenvalue weighted by Crippen LogP contribution is -2.45. The molecule has 1 N–H and O–H groups in total. The second kappa shape index (κ2) is 8.11. The minimum Gasteiger partial charge on any atom is -0.466 e. The van der Waals surface area contributed by atoms with Gasteiger partial charge in [-0.2, -0.15) is 5.26 Å². The van der Waals surface area contributed by atoms with E-state index in [4.69, 9.17) is 10.00 Å². The maximum absolute atomic E-state index is 12.2. The van der Waals surface area contributed by atoms with Crippen molar-refractivity contribution >= 4 is 23.5 Å². The molecule has 1 aliphatic rings. The monoisotopic (exact) mass is 329 g/mol. The van der Waals surface area contributed by atoms with Crippen molar-refractivity contribution in [3.05, 3.63) is 29.8 Å². The Hall–Kier alpha value is -2.88. The van der Waals surface area contributed by atoms with Crippen LogP contribution < -0.4 is 5.32 Å². The minimum absolute atomic E-state index is 0.212. The van der Waals surface area contributed by atoms with Crippen LogP contribution in [0.25, 0.3) is 0 Å². The molecule has 2 amide bonds. The Morgan fingerprint density at radius 1 is 1.25 bits per heavy atom. The molecule has 1 aliphatic heterocycles. The molecule has 0 saturated carbocycles. The first-order valence-electron chi connectivity index (χ1n) is 7.82. The van der Waals surface area contributed by atoms with Crippen LogP contribution in [0.1, 0.15) is 25.3 Å². The molecule has 0 spiro atoms. The van der Waals surface area contributed by atoms with Crippen LogP contribution in [0.5, 0.6) is 0 Å². The van der Waals surface area contributed by atoms with Crippen LogP contribution in [0.3, 0.4) is 0 Å². The average molecular weight is 329 g/mol. The predicted molar refractivity (Wildman–Crippen MR) is 85.7 cm³/mol. The Morgan fingerprint density at radius 2 is 1.88 bits per heavy atom. The molecule has 1 aromatic rings. The Morgan fingerprint density at radius 3 is 2.42 bits per heavy atom. The van der Waals surface area contributed by atoms with Crippen LogP contribution >= 0.6 is 0 Å². The van der Waals surface area contributed by atoms with Gasteiger partial charge in [-0.25, -0.2) is 0 Å². The van der Waals surface area contributed by atoms with Crippen molar-refractivity contribution in [2.75, 3.05) is 25.0 Å². The molecule has 1 aromatic carbocycles. The molecule has 0 aromatic heterocycles. The fourth-order valence-corrected chi connectivity index (χ4v) is 2.53. The summed E-state index contributed by atoms with van der Waals surface area (Å²) in [7, 11) is 0. The van der Waals surface area contributed by atoms with Crippen molar-refractivity contribution in [3.8, 4) is 6.07 Å². The Balaban J connectivity index is 1.86. The first-order valence-corrected chi connectivity index (χ1v) is 7.82. The molecule has 7 nitrogen and oxygen atoms in total. The highest BCUT2D eigenvalue weighted by molar-refractivity contribution is 6.39. The maximum Gasteiger partial charge on any atom is 0.313 e. The van der Waals surface area contributed by atoms with Gasteiger partial charge in [0.15, 0.2) is 0 Å². The predicted octanol–water partition coefficient (Wildman–Crippen LogP) is 1.30. The Labute approximate surface area is 140 Å². The first-order chi connectivity index (χ1) is 11.5. The van der Waals surface area contributed by atoms with E-state index >= 15 is 0 Å². The van der Waals surface area contributed by atoms with Crippen molar-refractivity contribution in [2.24, 2.45) is 5.92 Å². The van der Waals surface area contributed by atoms with Gasteiger partial charge in [0.25, 0.3) is 0 Å². The third-order valence-corrected chi connectivity index (χ3v) is 3.87. The molecule has 0 radical (unpaired) electrons. The topological polar surface area (TPSA) is 99.5 Å². The third kappa shape index (κ3) is 4.32. The molecule has 126 valence electrons. The molecule has 7 heteroatoms. The van der Waals surface area contributed by atoms with Crippen LogP contribution in [0.15, 0.2) is 24.3 Å². The second-order valence-corrected chi connectivity index (χ2v) is 5.46. The van der Waals surface area contributed by atoms with E-state index < -0.39 is 11.8 Å². The fourth-order valence-electron chi connectivity index (χ4n) is 2.53. The summed E-state index contributed by atoms with van der Waals surface area (Å²) < 4.78 is 4.98. The summed E-state index contributed by atoms with van der Waals surface area (Å²) >= 11 is 0. The van der Waals surface area contributed by atoms with Gasteiger partial charge in [0.2, 0.25) is 0 Å². The first kappa shape index (κ1) is 17.5. The number of ether oxygens (including phenoxy) is 1. The number of likely N-dealkylation sites (tertiary alicyclic amines) is 1. The number of esters is 1. The number of anilines is 1. The molecule has 0 bridgehead atoms. The highest BCUT2D eigenvalue weighted by Gasteiger charge is 2.30. The van der Waals surface area contributed by atoms with Gasteiger partial charge < -0.3 is 15.0 Å². The summed E-state index contributed by atoms with van der Waals surface area (Å²) in [6.07, 6.45) is 0.990. The van der Waals surface area contributed by atoms with Crippen molar-refractivity contribution < 1.29 is 19.1 Å². The summed E-state index contributed by atoms with van der Waals surface area (Å²) in [5.41, 5.74) is 0.925. The van der Waals surface area contributed by atoms with Crippen LogP contribution in [-0.2, 0) is 19.1 Å². The smallest absolute Gasteiger partial charge is 0.313 e. The molecule has 1 heterocycles. The SMILES string of the molecule is CCOC(=O)C1CCN(C(=O)C(=O)Nc2ccc(C#N)cc2)CC1. The average Bonchev–Trinajstić information content (AvgIpc) is 2.62. The highest BCUT2D eigenvalue weighted by atomic mass is 16.5. The summed E-state index contributed by atoms with van der Waals surface area (Å²) in [6, 6.07) is 8.23. The van der Waals surface area contributed by atoms with Gasteiger partial charge in [-0.05, 0) is 44.0 Å². The standard InChI is InChI=1S/C17H19N3O4/c1-2-24-17(23)13-7-9-20(10-8-13)16(22)15(21)19-14-5-3-12(11-18)4-6-14/h3-6,13H,2,7-10H2,1H3,(H,19,21). The number of nitrogens with zero attached hydrogens (tertiary/aromatic N) is 2. The van der Waals surface area contributed by atoms with E-state index in [1.165, 1.54) is 4.90 Å². The Bertz CT molecular complexity index is 655. The molecule has 24 heavy (non-hydrogen) atoms. The lowest BCUT2D eigenvalue weighted by Gasteiger charge is -2.30. The zero-order valence-corrected chi connectivity index (χ0v) is 13.4. The van der Waals surface area contributed by atoms with Crippen LogP contribution in [0, 0.1) is 17.2 Å². The third-order valence-electron chi connectivity index (χ3n) is 3.87.